The van der Waals surface area contributed by atoms with Crippen LogP contribution >= 0.6 is 11.6 Å². The van der Waals surface area contributed by atoms with E-state index in [9.17, 15) is 21.6 Å². The third-order valence-electron chi connectivity index (χ3n) is 4.33. The third-order valence-corrected chi connectivity index (χ3v) is 7.40. The van der Waals surface area contributed by atoms with Crippen LogP contribution in [0.3, 0.4) is 0 Å². The Hall–Kier alpha value is -3.28. The summed E-state index contributed by atoms with van der Waals surface area (Å²) in [6, 6.07) is 15.5. The minimum atomic E-state index is -4.10. The molecule has 0 bridgehead atoms. The summed E-state index contributed by atoms with van der Waals surface area (Å²) < 4.78 is 61.3. The summed E-state index contributed by atoms with van der Waals surface area (Å²) in [5.74, 6) is -0.179. The molecule has 3 aromatic rings. The average Bonchev–Trinajstić information content (AvgIpc) is 2.75. The number of halogens is 1. The van der Waals surface area contributed by atoms with E-state index in [0.717, 1.165) is 6.07 Å². The minimum absolute atomic E-state index is 0.0783. The van der Waals surface area contributed by atoms with Crippen LogP contribution in [0.1, 0.15) is 6.92 Å². The lowest BCUT2D eigenvalue weighted by molar-refractivity contribution is -0.114. The maximum absolute atomic E-state index is 12.9. The van der Waals surface area contributed by atoms with E-state index in [4.69, 9.17) is 16.3 Å². The standard InChI is InChI=1S/C21H20ClN3O6S2/c1-14(26)23-15-7-9-16(10-8-15)32(27,28)25-20-13-17(11-12-21(20)31-2)33(29,30)24-19-6-4-3-5-18(19)22/h3-13,24-25H,1-2H3,(H,23,26). The molecule has 12 heteroatoms. The Morgan fingerprint density at radius 3 is 2.00 bits per heavy atom. The number of sulfonamides is 2. The van der Waals surface area contributed by atoms with Crippen LogP contribution < -0.4 is 19.5 Å². The monoisotopic (exact) mass is 509 g/mol. The second-order valence-electron chi connectivity index (χ2n) is 6.76. The van der Waals surface area contributed by atoms with E-state index in [1.165, 1.54) is 62.6 Å². The molecular formula is C21H20ClN3O6S2. The summed E-state index contributed by atoms with van der Waals surface area (Å²) in [6.07, 6.45) is 0. The van der Waals surface area contributed by atoms with Crippen LogP contribution in [0.15, 0.2) is 76.5 Å². The van der Waals surface area contributed by atoms with Gasteiger partial charge in [0.15, 0.2) is 0 Å². The van der Waals surface area contributed by atoms with Crippen LogP contribution in [0.25, 0.3) is 0 Å². The van der Waals surface area contributed by atoms with Gasteiger partial charge in [0.1, 0.15) is 5.75 Å². The van der Waals surface area contributed by atoms with E-state index < -0.39 is 20.0 Å². The lowest BCUT2D eigenvalue weighted by Crippen LogP contribution is -2.16. The molecule has 0 heterocycles. The van der Waals surface area contributed by atoms with Crippen molar-refractivity contribution in [3.8, 4) is 5.75 Å². The Morgan fingerprint density at radius 2 is 1.39 bits per heavy atom. The van der Waals surface area contributed by atoms with Gasteiger partial charge in [0.25, 0.3) is 20.0 Å². The number of rotatable bonds is 8. The fourth-order valence-corrected chi connectivity index (χ4v) is 5.21. The first-order valence-electron chi connectivity index (χ1n) is 9.38. The van der Waals surface area contributed by atoms with Crippen LogP contribution in [0, 0.1) is 0 Å². The molecule has 0 aliphatic heterocycles. The first kappa shape index (κ1) is 24.4. The van der Waals surface area contributed by atoms with Crippen molar-refractivity contribution in [1.29, 1.82) is 0 Å². The fraction of sp³-hybridized carbons (Fsp3) is 0.0952. The molecule has 0 aromatic heterocycles. The van der Waals surface area contributed by atoms with Gasteiger partial charge in [0.05, 0.1) is 33.3 Å². The number of ether oxygens (including phenoxy) is 1. The molecular weight excluding hydrogens is 490 g/mol. The van der Waals surface area contributed by atoms with Crippen LogP contribution in [-0.2, 0) is 24.8 Å². The summed E-state index contributed by atoms with van der Waals surface area (Å²) in [4.78, 5) is 10.8. The molecule has 174 valence electrons. The molecule has 0 saturated heterocycles. The molecule has 1 amide bonds. The SMILES string of the molecule is COc1ccc(S(=O)(=O)Nc2ccccc2Cl)cc1NS(=O)(=O)c1ccc(NC(C)=O)cc1. The Labute approximate surface area is 196 Å². The number of benzene rings is 3. The van der Waals surface area contributed by atoms with Crippen molar-refractivity contribution in [3.63, 3.8) is 0 Å². The highest BCUT2D eigenvalue weighted by molar-refractivity contribution is 7.93. The first-order chi connectivity index (χ1) is 15.5. The Kier molecular flexibility index (Phi) is 7.15. The number of carbonyl (C=O) groups excluding carboxylic acids is 1. The molecule has 3 N–H and O–H groups in total. The lowest BCUT2D eigenvalue weighted by atomic mass is 10.3. The van der Waals surface area contributed by atoms with E-state index in [0.29, 0.717) is 5.69 Å². The van der Waals surface area contributed by atoms with E-state index >= 15 is 0 Å². The lowest BCUT2D eigenvalue weighted by Gasteiger charge is -2.15. The molecule has 3 rings (SSSR count). The van der Waals surface area contributed by atoms with Gasteiger partial charge < -0.3 is 10.1 Å². The Balaban J connectivity index is 1.92. The minimum Gasteiger partial charge on any atom is -0.495 e. The average molecular weight is 510 g/mol. The number of amides is 1. The van der Waals surface area contributed by atoms with Crippen LogP contribution in [-0.4, -0.2) is 29.9 Å². The number of carbonyl (C=O) groups is 1. The summed E-state index contributed by atoms with van der Waals surface area (Å²) in [6.45, 7) is 1.33. The molecule has 0 saturated carbocycles. The Bertz CT molecular complexity index is 1390. The van der Waals surface area contributed by atoms with Crippen molar-refractivity contribution in [2.45, 2.75) is 16.7 Å². The smallest absolute Gasteiger partial charge is 0.262 e. The Morgan fingerprint density at radius 1 is 0.818 bits per heavy atom. The maximum Gasteiger partial charge on any atom is 0.262 e. The second kappa shape index (κ2) is 9.69. The zero-order valence-corrected chi connectivity index (χ0v) is 19.9. The van der Waals surface area contributed by atoms with Crippen LogP contribution in [0.4, 0.5) is 17.1 Å². The number of para-hydroxylation sites is 1. The highest BCUT2D eigenvalue weighted by atomic mass is 35.5. The number of anilines is 3. The van der Waals surface area contributed by atoms with Gasteiger partial charge in [-0.2, -0.15) is 0 Å². The number of methoxy groups -OCH3 is 1. The summed E-state index contributed by atoms with van der Waals surface area (Å²) in [5, 5.41) is 2.75. The van der Waals surface area contributed by atoms with Gasteiger partial charge in [-0.1, -0.05) is 23.7 Å². The molecule has 0 fully saturated rings. The van der Waals surface area contributed by atoms with E-state index in [1.807, 2.05) is 0 Å². The first-order valence-corrected chi connectivity index (χ1v) is 12.7. The van der Waals surface area contributed by atoms with Crippen molar-refractivity contribution in [3.05, 3.63) is 71.8 Å². The molecule has 9 nitrogen and oxygen atoms in total. The maximum atomic E-state index is 12.9. The summed E-state index contributed by atoms with van der Waals surface area (Å²) in [5.41, 5.74) is 0.527. The van der Waals surface area contributed by atoms with Crippen molar-refractivity contribution < 1.29 is 26.4 Å². The van der Waals surface area contributed by atoms with Gasteiger partial charge >= 0.3 is 0 Å². The summed E-state index contributed by atoms with van der Waals surface area (Å²) in [7, 11) is -6.86. The van der Waals surface area contributed by atoms with Crippen LogP contribution in [0.2, 0.25) is 5.02 Å². The fourth-order valence-electron chi connectivity index (χ4n) is 2.81. The highest BCUT2D eigenvalue weighted by Gasteiger charge is 2.21. The topological polar surface area (TPSA) is 131 Å². The van der Waals surface area contributed by atoms with Crippen molar-refractivity contribution in [2.75, 3.05) is 21.9 Å². The van der Waals surface area contributed by atoms with Crippen molar-refractivity contribution in [2.24, 2.45) is 0 Å². The predicted octanol–water partition coefficient (Wildman–Crippen LogP) is 3.91. The second-order valence-corrected chi connectivity index (χ2v) is 10.5. The normalized spacial score (nSPS) is 11.5. The van der Waals surface area contributed by atoms with Gasteiger partial charge in [-0.05, 0) is 54.6 Å². The van der Waals surface area contributed by atoms with Gasteiger partial charge in [0, 0.05) is 12.6 Å². The van der Waals surface area contributed by atoms with Gasteiger partial charge in [-0.3, -0.25) is 14.2 Å². The highest BCUT2D eigenvalue weighted by Crippen LogP contribution is 2.31. The molecule has 3 aromatic carbocycles. The summed E-state index contributed by atoms with van der Waals surface area (Å²) >= 11 is 6.03. The largest absolute Gasteiger partial charge is 0.495 e. The molecule has 0 spiro atoms. The predicted molar refractivity (Wildman–Crippen MR) is 127 cm³/mol. The number of hydrogen-bond donors (Lipinski definition) is 3. The van der Waals surface area contributed by atoms with E-state index in [-0.39, 0.29) is 37.8 Å². The van der Waals surface area contributed by atoms with Crippen LogP contribution in [0.5, 0.6) is 5.75 Å². The van der Waals surface area contributed by atoms with Gasteiger partial charge in [0.2, 0.25) is 5.91 Å². The molecule has 33 heavy (non-hydrogen) atoms. The number of nitrogens with one attached hydrogen (secondary N) is 3. The zero-order valence-electron chi connectivity index (χ0n) is 17.5. The van der Waals surface area contributed by atoms with Gasteiger partial charge in [-0.25, -0.2) is 16.8 Å². The molecule has 0 unspecified atom stereocenters. The molecule has 0 radical (unpaired) electrons. The third kappa shape index (κ3) is 5.95. The zero-order chi connectivity index (χ0) is 24.2. The van der Waals surface area contributed by atoms with E-state index in [1.54, 1.807) is 12.1 Å². The molecule has 0 aliphatic carbocycles. The molecule has 0 atom stereocenters. The number of hydrogen-bond acceptors (Lipinski definition) is 6. The quantitative estimate of drug-likeness (QED) is 0.422. The van der Waals surface area contributed by atoms with Crippen molar-refractivity contribution in [1.82, 2.24) is 0 Å². The molecule has 0 aliphatic rings. The van der Waals surface area contributed by atoms with Crippen molar-refractivity contribution >= 4 is 54.6 Å². The van der Waals surface area contributed by atoms with Gasteiger partial charge in [-0.15, -0.1) is 0 Å². The van der Waals surface area contributed by atoms with E-state index in [2.05, 4.69) is 14.8 Å².